The van der Waals surface area contributed by atoms with Crippen LogP contribution in [0.1, 0.15) is 11.1 Å². The third-order valence-electron chi connectivity index (χ3n) is 4.53. The minimum Gasteiger partial charge on any atom is -0.374 e. The molecule has 0 aliphatic carbocycles. The second-order valence-corrected chi connectivity index (χ2v) is 7.39. The summed E-state index contributed by atoms with van der Waals surface area (Å²) in [5.41, 5.74) is 10.9. The molecule has 1 saturated heterocycles. The lowest BCUT2D eigenvalue weighted by molar-refractivity contribution is -0.139. The van der Waals surface area contributed by atoms with Crippen molar-refractivity contribution in [2.75, 3.05) is 13.7 Å². The molecule has 0 saturated carbocycles. The Morgan fingerprint density at radius 1 is 1.00 bits per heavy atom. The van der Waals surface area contributed by atoms with Gasteiger partial charge in [0.2, 0.25) is 0 Å². The van der Waals surface area contributed by atoms with Gasteiger partial charge >= 0.3 is 0 Å². The molecule has 1 aliphatic rings. The van der Waals surface area contributed by atoms with Crippen LogP contribution in [0.15, 0.2) is 53.6 Å². The van der Waals surface area contributed by atoms with Crippen LogP contribution >= 0.6 is 23.2 Å². The third kappa shape index (κ3) is 6.07. The summed E-state index contributed by atoms with van der Waals surface area (Å²) in [6, 6.07) is 14.1. The van der Waals surface area contributed by atoms with E-state index in [-0.39, 0.29) is 6.61 Å². The number of benzene rings is 2. The van der Waals surface area contributed by atoms with Crippen molar-refractivity contribution < 1.29 is 18.9 Å². The number of hydrogen-bond donors (Lipinski definition) is 0. The number of nitrogens with zero attached hydrogens (tertiary/aromatic N) is 3. The smallest absolute Gasteiger partial charge is 0.168 e. The molecule has 0 N–H and O–H groups in total. The van der Waals surface area contributed by atoms with Crippen molar-refractivity contribution in [1.82, 2.24) is 0 Å². The Hall–Kier alpha value is -1.83. The van der Waals surface area contributed by atoms with Crippen molar-refractivity contribution in [3.05, 3.63) is 80.1 Å². The minimum atomic E-state index is -0.703. The first-order valence-corrected chi connectivity index (χ1v) is 9.77. The maximum Gasteiger partial charge on any atom is 0.168 e. The van der Waals surface area contributed by atoms with Gasteiger partial charge in [0.05, 0.1) is 25.9 Å². The Bertz CT molecular complexity index is 829. The molecule has 0 bridgehead atoms. The molecule has 2 aromatic rings. The molecule has 3 rings (SSSR count). The second-order valence-electron chi connectivity index (χ2n) is 6.52. The van der Waals surface area contributed by atoms with Crippen molar-refractivity contribution in [3.8, 4) is 0 Å². The van der Waals surface area contributed by atoms with Gasteiger partial charge < -0.3 is 18.9 Å². The molecule has 154 valence electrons. The number of hydrogen-bond acceptors (Lipinski definition) is 5. The lowest BCUT2D eigenvalue weighted by Gasteiger charge is -2.21. The summed E-state index contributed by atoms with van der Waals surface area (Å²) in [5, 5.41) is 5.14. The molecular weight excluding hydrogens is 417 g/mol. The van der Waals surface area contributed by atoms with E-state index in [0.717, 1.165) is 11.1 Å². The highest BCUT2D eigenvalue weighted by molar-refractivity contribution is 6.30. The Morgan fingerprint density at radius 2 is 1.59 bits per heavy atom. The Kier molecular flexibility index (Phi) is 8.15. The number of rotatable bonds is 9. The minimum absolute atomic E-state index is 0.255. The Morgan fingerprint density at radius 3 is 2.14 bits per heavy atom. The van der Waals surface area contributed by atoms with E-state index >= 15 is 0 Å². The van der Waals surface area contributed by atoms with Gasteiger partial charge in [-0.05, 0) is 40.9 Å². The average molecular weight is 438 g/mol. The molecule has 0 aromatic heterocycles. The molecule has 0 radical (unpaired) electrons. The highest BCUT2D eigenvalue weighted by Crippen LogP contribution is 2.29. The predicted octanol–water partition coefficient (Wildman–Crippen LogP) is 5.15. The van der Waals surface area contributed by atoms with Crippen molar-refractivity contribution in [2.45, 2.75) is 37.8 Å². The van der Waals surface area contributed by atoms with Crippen LogP contribution in [0.4, 0.5) is 0 Å². The van der Waals surface area contributed by atoms with Gasteiger partial charge in [0.25, 0.3) is 0 Å². The third-order valence-corrected chi connectivity index (χ3v) is 5.03. The van der Waals surface area contributed by atoms with Crippen LogP contribution in [-0.4, -0.2) is 38.3 Å². The van der Waals surface area contributed by atoms with E-state index < -0.39 is 24.5 Å². The fourth-order valence-corrected chi connectivity index (χ4v) is 3.32. The second kappa shape index (κ2) is 10.8. The summed E-state index contributed by atoms with van der Waals surface area (Å²) in [6.07, 6.45) is -1.67. The van der Waals surface area contributed by atoms with E-state index in [9.17, 15) is 0 Å². The highest BCUT2D eigenvalue weighted by atomic mass is 35.5. The van der Waals surface area contributed by atoms with Crippen LogP contribution < -0.4 is 0 Å². The van der Waals surface area contributed by atoms with Crippen molar-refractivity contribution >= 4 is 23.2 Å². The number of halogens is 2. The van der Waals surface area contributed by atoms with Gasteiger partial charge in [0, 0.05) is 22.1 Å². The van der Waals surface area contributed by atoms with Crippen molar-refractivity contribution in [2.24, 2.45) is 5.11 Å². The summed E-state index contributed by atoms with van der Waals surface area (Å²) in [5.74, 6) is 0. The molecule has 4 atom stereocenters. The standard InChI is InChI=1S/C20H21Cl2N3O4/c1-26-20-18(24-25-23)19(28-11-14-4-8-16(22)9-5-14)17(29-20)12-27-10-13-2-6-15(21)7-3-13/h2-9,17-20H,10-12H2,1H3/t17-,18+,19+,20-/m0/s1. The molecule has 2 aromatic carbocycles. The van der Waals surface area contributed by atoms with E-state index in [1.54, 1.807) is 12.1 Å². The van der Waals surface area contributed by atoms with Gasteiger partial charge in [-0.25, -0.2) is 0 Å². The number of azide groups is 1. The first-order valence-electron chi connectivity index (χ1n) is 9.01. The summed E-state index contributed by atoms with van der Waals surface area (Å²) >= 11 is 11.8. The number of methoxy groups -OCH3 is 1. The number of ether oxygens (including phenoxy) is 4. The van der Waals surface area contributed by atoms with E-state index in [1.807, 2.05) is 36.4 Å². The maximum absolute atomic E-state index is 8.94. The van der Waals surface area contributed by atoms with Crippen molar-refractivity contribution in [1.29, 1.82) is 0 Å². The van der Waals surface area contributed by atoms with E-state index in [0.29, 0.717) is 23.3 Å². The molecule has 0 amide bonds. The van der Waals surface area contributed by atoms with Crippen LogP contribution in [0.5, 0.6) is 0 Å². The van der Waals surface area contributed by atoms with Gasteiger partial charge in [0.15, 0.2) is 6.29 Å². The fourth-order valence-electron chi connectivity index (χ4n) is 3.07. The largest absolute Gasteiger partial charge is 0.374 e. The SMILES string of the molecule is CO[C@H]1O[C@@H](COCc2ccc(Cl)cc2)[C@@H](OCc2ccc(Cl)cc2)[C@H]1N=[N+]=[N-]. The lowest BCUT2D eigenvalue weighted by atomic mass is 10.1. The highest BCUT2D eigenvalue weighted by Gasteiger charge is 2.45. The topological polar surface area (TPSA) is 85.7 Å². The first kappa shape index (κ1) is 21.9. The van der Waals surface area contributed by atoms with E-state index in [4.69, 9.17) is 47.7 Å². The normalized spacial score (nSPS) is 23.7. The molecule has 1 fully saturated rings. The quantitative estimate of drug-likeness (QED) is 0.308. The zero-order valence-electron chi connectivity index (χ0n) is 15.8. The molecule has 0 spiro atoms. The summed E-state index contributed by atoms with van der Waals surface area (Å²) in [7, 11) is 1.50. The van der Waals surface area contributed by atoms with Crippen LogP contribution in [-0.2, 0) is 32.2 Å². The fraction of sp³-hybridized carbons (Fsp3) is 0.400. The molecular formula is C20H21Cl2N3O4. The monoisotopic (exact) mass is 437 g/mol. The average Bonchev–Trinajstić information content (AvgIpc) is 3.06. The van der Waals surface area contributed by atoms with Gasteiger partial charge in [-0.1, -0.05) is 52.6 Å². The molecule has 1 aliphatic heterocycles. The zero-order valence-corrected chi connectivity index (χ0v) is 17.3. The zero-order chi connectivity index (χ0) is 20.6. The summed E-state index contributed by atoms with van der Waals surface area (Å²) in [6.45, 7) is 0.961. The maximum atomic E-state index is 8.94. The molecule has 7 nitrogen and oxygen atoms in total. The van der Waals surface area contributed by atoms with Gasteiger partial charge in [-0.3, -0.25) is 0 Å². The van der Waals surface area contributed by atoms with Gasteiger partial charge in [-0.15, -0.1) is 0 Å². The molecule has 29 heavy (non-hydrogen) atoms. The molecule has 0 unspecified atom stereocenters. The van der Waals surface area contributed by atoms with E-state index in [1.165, 1.54) is 7.11 Å². The molecule has 1 heterocycles. The summed E-state index contributed by atoms with van der Waals surface area (Å²) in [4.78, 5) is 2.92. The predicted molar refractivity (Wildman–Crippen MR) is 110 cm³/mol. The van der Waals surface area contributed by atoms with Crippen LogP contribution in [0.2, 0.25) is 10.0 Å². The van der Waals surface area contributed by atoms with Crippen molar-refractivity contribution in [3.63, 3.8) is 0 Å². The lowest BCUT2D eigenvalue weighted by Crippen LogP contribution is -2.36. The van der Waals surface area contributed by atoms with Gasteiger partial charge in [0.1, 0.15) is 12.1 Å². The van der Waals surface area contributed by atoms with Crippen LogP contribution in [0.25, 0.3) is 10.4 Å². The Labute approximate surface area is 179 Å². The summed E-state index contributed by atoms with van der Waals surface area (Å²) < 4.78 is 23.1. The van der Waals surface area contributed by atoms with E-state index in [2.05, 4.69) is 10.0 Å². The Balaban J connectivity index is 1.64. The molecule has 9 heteroatoms. The van der Waals surface area contributed by atoms with Crippen LogP contribution in [0.3, 0.4) is 0 Å². The first-order chi connectivity index (χ1) is 14.1. The van der Waals surface area contributed by atoms with Crippen LogP contribution in [0, 0.1) is 0 Å². The van der Waals surface area contributed by atoms with Gasteiger partial charge in [-0.2, -0.15) is 0 Å².